The lowest BCUT2D eigenvalue weighted by atomic mass is 9.73. The average molecular weight is 407 g/mol. The van der Waals surface area contributed by atoms with E-state index in [0.29, 0.717) is 26.2 Å². The second-order valence-corrected chi connectivity index (χ2v) is 8.87. The summed E-state index contributed by atoms with van der Waals surface area (Å²) in [4.78, 5) is 13.1. The van der Waals surface area contributed by atoms with Crippen molar-refractivity contribution in [3.8, 4) is 0 Å². The van der Waals surface area contributed by atoms with Crippen LogP contribution in [0.1, 0.15) is 59.4 Å². The molecule has 0 amide bonds. The standard InChI is InChI=1S/C24H38O5/c1-17(10-9-14-27-16-20-11-7-6-8-12-20)22(25)18(2)23(26)24(4,5)21-13-15-28-19(3)29-21/h6-8,11-12,17-19,21-22,25H,9-10,13-16H2,1-5H3. The summed E-state index contributed by atoms with van der Waals surface area (Å²) < 4.78 is 17.0. The van der Waals surface area contributed by atoms with Crippen LogP contribution in [0.2, 0.25) is 0 Å². The SMILES string of the molecule is CC1OCCC(C(C)(C)C(=O)C(C)C(O)C(C)CCCOCc2ccccc2)O1. The fraction of sp³-hybridized carbons (Fsp3) is 0.708. The molecule has 1 aliphatic heterocycles. The number of Topliss-reactive ketones (excluding diaryl/α,β-unsaturated/α-hetero) is 1. The van der Waals surface area contributed by atoms with E-state index in [9.17, 15) is 9.90 Å². The highest BCUT2D eigenvalue weighted by molar-refractivity contribution is 5.87. The maximum absolute atomic E-state index is 13.1. The summed E-state index contributed by atoms with van der Waals surface area (Å²) in [6.07, 6.45) is 1.22. The number of hydrogen-bond acceptors (Lipinski definition) is 5. The largest absolute Gasteiger partial charge is 0.392 e. The van der Waals surface area contributed by atoms with E-state index >= 15 is 0 Å². The Labute approximate surface area is 175 Å². The van der Waals surface area contributed by atoms with Crippen molar-refractivity contribution in [2.45, 2.75) is 79.0 Å². The minimum Gasteiger partial charge on any atom is -0.392 e. The first kappa shape index (κ1) is 24.0. The van der Waals surface area contributed by atoms with E-state index in [0.717, 1.165) is 18.4 Å². The Bertz CT molecular complexity index is 615. The minimum absolute atomic E-state index is 0.0274. The van der Waals surface area contributed by atoms with Crippen LogP contribution in [0.4, 0.5) is 0 Å². The van der Waals surface area contributed by atoms with Crippen LogP contribution in [0.15, 0.2) is 30.3 Å². The van der Waals surface area contributed by atoms with E-state index in [1.54, 1.807) is 0 Å². The number of hydrogen-bond donors (Lipinski definition) is 1. The molecule has 1 aliphatic rings. The third kappa shape index (κ3) is 6.88. The van der Waals surface area contributed by atoms with Crippen LogP contribution in [-0.2, 0) is 25.6 Å². The molecule has 5 unspecified atom stereocenters. The Morgan fingerprint density at radius 3 is 2.62 bits per heavy atom. The molecule has 5 atom stereocenters. The van der Waals surface area contributed by atoms with Crippen LogP contribution in [0.5, 0.6) is 0 Å². The van der Waals surface area contributed by atoms with Gasteiger partial charge in [0.2, 0.25) is 0 Å². The molecule has 0 bridgehead atoms. The molecular weight excluding hydrogens is 368 g/mol. The van der Waals surface area contributed by atoms with Gasteiger partial charge < -0.3 is 19.3 Å². The molecule has 1 saturated heterocycles. The zero-order chi connectivity index (χ0) is 21.4. The number of carbonyl (C=O) groups excluding carboxylic acids is 1. The Hall–Kier alpha value is -1.27. The van der Waals surface area contributed by atoms with Gasteiger partial charge in [0.1, 0.15) is 5.78 Å². The average Bonchev–Trinajstić information content (AvgIpc) is 2.72. The zero-order valence-electron chi connectivity index (χ0n) is 18.6. The highest BCUT2D eigenvalue weighted by atomic mass is 16.7. The molecule has 1 fully saturated rings. The number of aliphatic hydroxyl groups excluding tert-OH is 1. The van der Waals surface area contributed by atoms with Crippen molar-refractivity contribution in [3.05, 3.63) is 35.9 Å². The monoisotopic (exact) mass is 406 g/mol. The molecule has 164 valence electrons. The van der Waals surface area contributed by atoms with E-state index in [4.69, 9.17) is 14.2 Å². The number of carbonyl (C=O) groups is 1. The molecule has 5 nitrogen and oxygen atoms in total. The maximum atomic E-state index is 13.1. The van der Waals surface area contributed by atoms with Crippen molar-refractivity contribution >= 4 is 5.78 Å². The molecule has 1 aromatic rings. The van der Waals surface area contributed by atoms with Crippen molar-refractivity contribution in [1.29, 1.82) is 0 Å². The molecule has 2 rings (SSSR count). The van der Waals surface area contributed by atoms with Gasteiger partial charge in [-0.3, -0.25) is 4.79 Å². The molecule has 1 N–H and O–H groups in total. The van der Waals surface area contributed by atoms with Gasteiger partial charge in [-0.2, -0.15) is 0 Å². The Morgan fingerprint density at radius 1 is 1.28 bits per heavy atom. The lowest BCUT2D eigenvalue weighted by molar-refractivity contribution is -0.227. The summed E-state index contributed by atoms with van der Waals surface area (Å²) in [5.41, 5.74) is 0.503. The highest BCUT2D eigenvalue weighted by Gasteiger charge is 2.43. The van der Waals surface area contributed by atoms with Crippen molar-refractivity contribution in [1.82, 2.24) is 0 Å². The Morgan fingerprint density at radius 2 is 1.97 bits per heavy atom. The Kier molecular flexibility index (Phi) is 9.28. The van der Waals surface area contributed by atoms with Crippen LogP contribution < -0.4 is 0 Å². The quantitative estimate of drug-likeness (QED) is 0.553. The van der Waals surface area contributed by atoms with Crippen molar-refractivity contribution < 1.29 is 24.1 Å². The van der Waals surface area contributed by atoms with Crippen molar-refractivity contribution in [2.75, 3.05) is 13.2 Å². The van der Waals surface area contributed by atoms with Gasteiger partial charge in [0.05, 0.1) is 30.8 Å². The summed E-state index contributed by atoms with van der Waals surface area (Å²) in [6, 6.07) is 10.1. The normalized spacial score (nSPS) is 23.4. The summed E-state index contributed by atoms with van der Waals surface area (Å²) in [5.74, 6) is -0.358. The zero-order valence-corrected chi connectivity index (χ0v) is 18.6. The van der Waals surface area contributed by atoms with Crippen LogP contribution in [0.25, 0.3) is 0 Å². The predicted molar refractivity (Wildman–Crippen MR) is 113 cm³/mol. The van der Waals surface area contributed by atoms with Crippen molar-refractivity contribution in [3.63, 3.8) is 0 Å². The van der Waals surface area contributed by atoms with E-state index in [1.807, 2.05) is 65.0 Å². The second-order valence-electron chi connectivity index (χ2n) is 8.87. The van der Waals surface area contributed by atoms with E-state index < -0.39 is 17.4 Å². The summed E-state index contributed by atoms with van der Waals surface area (Å²) >= 11 is 0. The summed E-state index contributed by atoms with van der Waals surface area (Å²) in [5, 5.41) is 10.8. The van der Waals surface area contributed by atoms with Gasteiger partial charge in [-0.05, 0) is 37.7 Å². The van der Waals surface area contributed by atoms with E-state index in [1.165, 1.54) is 0 Å². The number of benzene rings is 1. The molecule has 0 radical (unpaired) electrons. The van der Waals surface area contributed by atoms with Crippen LogP contribution in [-0.4, -0.2) is 42.6 Å². The maximum Gasteiger partial charge on any atom is 0.155 e. The lowest BCUT2D eigenvalue weighted by Crippen LogP contribution is -2.48. The number of ether oxygens (including phenoxy) is 3. The topological polar surface area (TPSA) is 65.0 Å². The third-order valence-electron chi connectivity index (χ3n) is 6.10. The smallest absolute Gasteiger partial charge is 0.155 e. The molecular formula is C24H38O5. The van der Waals surface area contributed by atoms with Gasteiger partial charge in [-0.15, -0.1) is 0 Å². The Balaban J connectivity index is 1.76. The second kappa shape index (κ2) is 11.2. The van der Waals surface area contributed by atoms with E-state index in [-0.39, 0.29) is 24.1 Å². The fourth-order valence-corrected chi connectivity index (χ4v) is 4.05. The first-order valence-electron chi connectivity index (χ1n) is 10.8. The highest BCUT2D eigenvalue weighted by Crippen LogP contribution is 2.35. The van der Waals surface area contributed by atoms with Crippen LogP contribution >= 0.6 is 0 Å². The third-order valence-corrected chi connectivity index (χ3v) is 6.10. The molecule has 1 aromatic carbocycles. The van der Waals surface area contributed by atoms with Gasteiger partial charge in [-0.25, -0.2) is 0 Å². The van der Waals surface area contributed by atoms with Crippen LogP contribution in [0.3, 0.4) is 0 Å². The molecule has 0 aromatic heterocycles. The molecule has 5 heteroatoms. The minimum atomic E-state index is -0.673. The first-order valence-corrected chi connectivity index (χ1v) is 10.8. The molecule has 0 saturated carbocycles. The fourth-order valence-electron chi connectivity index (χ4n) is 4.05. The molecule has 1 heterocycles. The summed E-state index contributed by atoms with van der Waals surface area (Å²) in [6.45, 7) is 11.4. The predicted octanol–water partition coefficient (Wildman–Crippen LogP) is 4.36. The number of aliphatic hydroxyl groups is 1. The number of ketones is 1. The first-order chi connectivity index (χ1) is 13.7. The van der Waals surface area contributed by atoms with Gasteiger partial charge in [0.25, 0.3) is 0 Å². The lowest BCUT2D eigenvalue weighted by Gasteiger charge is -2.40. The summed E-state index contributed by atoms with van der Waals surface area (Å²) in [7, 11) is 0. The van der Waals surface area contributed by atoms with Gasteiger partial charge in [-0.1, -0.05) is 58.0 Å². The number of rotatable bonds is 11. The van der Waals surface area contributed by atoms with E-state index in [2.05, 4.69) is 0 Å². The van der Waals surface area contributed by atoms with Gasteiger partial charge in [0.15, 0.2) is 6.29 Å². The molecule has 0 aliphatic carbocycles. The van der Waals surface area contributed by atoms with Crippen molar-refractivity contribution in [2.24, 2.45) is 17.3 Å². The van der Waals surface area contributed by atoms with Crippen LogP contribution in [0, 0.1) is 17.3 Å². The molecule has 29 heavy (non-hydrogen) atoms. The van der Waals surface area contributed by atoms with Gasteiger partial charge >= 0.3 is 0 Å². The van der Waals surface area contributed by atoms with Gasteiger partial charge in [0, 0.05) is 12.5 Å². The molecule has 0 spiro atoms.